The number of nitrogens with zero attached hydrogens (tertiary/aromatic N) is 16. The van der Waals surface area contributed by atoms with Gasteiger partial charge in [0.1, 0.15) is 11.6 Å². The van der Waals surface area contributed by atoms with Crippen LogP contribution >= 0.6 is 0 Å². The van der Waals surface area contributed by atoms with Crippen molar-refractivity contribution in [2.24, 2.45) is 0 Å². The van der Waals surface area contributed by atoms with E-state index < -0.39 is 11.7 Å². The standard InChI is InChI=1S/C99H57F3N16/c100-99(101,102)74-45-46-75(73(51-74)58-103)72-56-85(117-81-47-41-68(95-109-87(60-25-9-1-10-26-60)105-88(110-95)61-27-11-2-12-28-61)52-76(81)77-53-69(42-48-82(77)117)96-111-89(62-29-13-3-14-30-62)106-90(112-96)63-31-15-4-16-32-63)80(59-104)86(57-72)118-83-49-43-70(97-113-91(64-33-17-5-18-34-64)107-92(114-97)65-35-19-6-20-36-65)54-78(83)79-55-71(44-50-84(79)118)98-115-93(66-37-21-7-22-38-66)108-94(116-98)67-39-23-8-24-40-67/h1-57H. The molecule has 0 amide bonds. The number of benzene rings is 14. The van der Waals surface area contributed by atoms with Crippen LogP contribution in [0.1, 0.15) is 16.7 Å². The lowest BCUT2D eigenvalue weighted by Crippen LogP contribution is -2.07. The van der Waals surface area contributed by atoms with Gasteiger partial charge in [-0.15, -0.1) is 0 Å². The zero-order chi connectivity index (χ0) is 79.4. The Bertz CT molecular complexity index is 6420. The van der Waals surface area contributed by atoms with Crippen LogP contribution in [0.4, 0.5) is 13.2 Å². The van der Waals surface area contributed by atoms with E-state index in [1.54, 1.807) is 12.1 Å². The Labute approximate surface area is 672 Å². The number of rotatable bonds is 15. The third-order valence-corrected chi connectivity index (χ3v) is 20.8. The van der Waals surface area contributed by atoms with Crippen LogP contribution < -0.4 is 0 Å². The summed E-state index contributed by atoms with van der Waals surface area (Å²) in [5.74, 6) is 5.13. The zero-order valence-electron chi connectivity index (χ0n) is 62.2. The molecule has 14 aromatic carbocycles. The largest absolute Gasteiger partial charge is 0.416 e. The average molecular weight is 1530 g/mol. The van der Waals surface area contributed by atoms with E-state index in [2.05, 4.69) is 12.1 Å². The van der Waals surface area contributed by atoms with Crippen LogP contribution in [-0.4, -0.2) is 68.9 Å². The molecule has 6 aromatic heterocycles. The zero-order valence-corrected chi connectivity index (χ0v) is 62.2. The molecule has 6 heterocycles. The van der Waals surface area contributed by atoms with Crippen molar-refractivity contribution in [3.8, 4) is 171 Å². The van der Waals surface area contributed by atoms with E-state index in [4.69, 9.17) is 59.8 Å². The van der Waals surface area contributed by atoms with Gasteiger partial charge in [-0.05, 0) is 108 Å². The number of nitriles is 2. The first-order chi connectivity index (χ1) is 58.0. The van der Waals surface area contributed by atoms with Crippen LogP contribution in [0.2, 0.25) is 0 Å². The molecule has 118 heavy (non-hydrogen) atoms. The lowest BCUT2D eigenvalue weighted by atomic mass is 9.95. The highest BCUT2D eigenvalue weighted by molar-refractivity contribution is 6.14. The molecule has 0 unspecified atom stereocenters. The summed E-state index contributed by atoms with van der Waals surface area (Å²) in [5.41, 5.74) is 11.2. The maximum atomic E-state index is 15.0. The van der Waals surface area contributed by atoms with E-state index in [1.807, 2.05) is 325 Å². The third kappa shape index (κ3) is 13.2. The summed E-state index contributed by atoms with van der Waals surface area (Å²) < 4.78 is 48.9. The van der Waals surface area contributed by atoms with Gasteiger partial charge in [0.25, 0.3) is 0 Å². The predicted molar refractivity (Wildman–Crippen MR) is 454 cm³/mol. The van der Waals surface area contributed by atoms with Gasteiger partial charge in [-0.25, -0.2) is 59.8 Å². The Morgan fingerprint density at radius 2 is 0.441 bits per heavy atom. The lowest BCUT2D eigenvalue weighted by Gasteiger charge is -2.19. The quantitative estimate of drug-likeness (QED) is 0.0934. The average Bonchev–Trinajstić information content (AvgIpc) is 1.54. The van der Waals surface area contributed by atoms with Crippen molar-refractivity contribution in [1.82, 2.24) is 68.9 Å². The maximum absolute atomic E-state index is 15.0. The van der Waals surface area contributed by atoms with Gasteiger partial charge in [0.2, 0.25) is 0 Å². The number of fused-ring (bicyclic) bond motifs is 6. The molecule has 0 saturated carbocycles. The van der Waals surface area contributed by atoms with Crippen molar-refractivity contribution in [2.75, 3.05) is 0 Å². The van der Waals surface area contributed by atoms with E-state index in [0.29, 0.717) is 153 Å². The number of hydrogen-bond acceptors (Lipinski definition) is 14. The molecule has 0 fully saturated rings. The summed E-state index contributed by atoms with van der Waals surface area (Å²) >= 11 is 0. The minimum absolute atomic E-state index is 0.151. The Morgan fingerprint density at radius 3 is 0.644 bits per heavy atom. The molecule has 0 atom stereocenters. The van der Waals surface area contributed by atoms with Crippen molar-refractivity contribution in [3.05, 3.63) is 362 Å². The van der Waals surface area contributed by atoms with Crippen molar-refractivity contribution < 1.29 is 13.2 Å². The summed E-state index contributed by atoms with van der Waals surface area (Å²) in [6.07, 6.45) is -4.80. The van der Waals surface area contributed by atoms with E-state index in [9.17, 15) is 23.7 Å². The third-order valence-electron chi connectivity index (χ3n) is 20.8. The van der Waals surface area contributed by atoms with Crippen molar-refractivity contribution in [1.29, 1.82) is 10.5 Å². The fourth-order valence-electron chi connectivity index (χ4n) is 15.2. The molecule has 20 rings (SSSR count). The molecule has 0 spiro atoms. The molecule has 19 heteroatoms. The molecular weight excluding hydrogens is 1470 g/mol. The van der Waals surface area contributed by atoms with Gasteiger partial charge in [0.15, 0.2) is 69.9 Å². The van der Waals surface area contributed by atoms with E-state index in [0.717, 1.165) is 56.6 Å². The first kappa shape index (κ1) is 70.6. The van der Waals surface area contributed by atoms with Crippen molar-refractivity contribution >= 4 is 43.6 Å². The second-order valence-corrected chi connectivity index (χ2v) is 28.1. The minimum atomic E-state index is -4.80. The molecule has 20 aromatic rings. The molecule has 0 aliphatic rings. The number of halogens is 3. The second kappa shape index (κ2) is 29.5. The van der Waals surface area contributed by atoms with Crippen LogP contribution in [0.15, 0.2) is 346 Å². The summed E-state index contributed by atoms with van der Waals surface area (Å²) in [6, 6.07) is 113. The maximum Gasteiger partial charge on any atom is 0.416 e. The fourth-order valence-corrected chi connectivity index (χ4v) is 15.2. The highest BCUT2D eigenvalue weighted by Crippen LogP contribution is 2.46. The van der Waals surface area contributed by atoms with Crippen LogP contribution in [0.5, 0.6) is 0 Å². The number of hydrogen-bond donors (Lipinski definition) is 0. The first-order valence-corrected chi connectivity index (χ1v) is 37.9. The molecule has 554 valence electrons. The highest BCUT2D eigenvalue weighted by Gasteiger charge is 2.33. The SMILES string of the molecule is N#Cc1cc(C(F)(F)F)ccc1-c1cc(-n2c3ccc(-c4nc(-c5ccccc5)nc(-c5ccccc5)n4)cc3c3cc(-c4nc(-c5ccccc5)nc(-c5ccccc5)n4)ccc32)c(C#N)c(-n2c3ccc(-c4nc(-c5ccccc5)nc(-c5ccccc5)n4)cc3c3cc(-c4nc(-c5ccccc5)nc(-c5ccccc5)n4)ccc32)c1. The van der Waals surface area contributed by atoms with Crippen LogP contribution in [0.3, 0.4) is 0 Å². The van der Waals surface area contributed by atoms with Gasteiger partial charge in [-0.2, -0.15) is 23.7 Å². The molecule has 0 bridgehead atoms. The van der Waals surface area contributed by atoms with Crippen molar-refractivity contribution in [2.45, 2.75) is 6.18 Å². The van der Waals surface area contributed by atoms with Crippen LogP contribution in [0, 0.1) is 22.7 Å². The molecule has 0 aliphatic carbocycles. The number of aromatic nitrogens is 14. The molecule has 0 aliphatic heterocycles. The first-order valence-electron chi connectivity index (χ1n) is 37.9. The number of alkyl halides is 3. The predicted octanol–water partition coefficient (Wildman–Crippen LogP) is 23.1. The van der Waals surface area contributed by atoms with Crippen LogP contribution in [0.25, 0.3) is 203 Å². The topological polar surface area (TPSA) is 212 Å². The second-order valence-electron chi connectivity index (χ2n) is 28.1. The summed E-state index contributed by atoms with van der Waals surface area (Å²) in [5, 5.41) is 26.4. The van der Waals surface area contributed by atoms with Gasteiger partial charge in [-0.1, -0.05) is 249 Å². The highest BCUT2D eigenvalue weighted by atomic mass is 19.4. The Kier molecular flexibility index (Phi) is 17.7. The van der Waals surface area contributed by atoms with Gasteiger partial charge >= 0.3 is 6.18 Å². The monoisotopic (exact) mass is 1530 g/mol. The molecule has 0 radical (unpaired) electrons. The normalized spacial score (nSPS) is 11.5. The molecule has 16 nitrogen and oxygen atoms in total. The minimum Gasteiger partial charge on any atom is -0.308 e. The van der Waals surface area contributed by atoms with Gasteiger partial charge in [0, 0.05) is 88.3 Å². The van der Waals surface area contributed by atoms with Gasteiger partial charge in [-0.3, -0.25) is 0 Å². The van der Waals surface area contributed by atoms with E-state index >= 15 is 0 Å². The van der Waals surface area contributed by atoms with Gasteiger partial charge < -0.3 is 9.13 Å². The van der Waals surface area contributed by atoms with Crippen LogP contribution in [-0.2, 0) is 6.18 Å². The lowest BCUT2D eigenvalue weighted by molar-refractivity contribution is -0.137. The van der Waals surface area contributed by atoms with Crippen molar-refractivity contribution in [3.63, 3.8) is 0 Å². The smallest absolute Gasteiger partial charge is 0.308 e. The fraction of sp³-hybridized carbons (Fsp3) is 0.0101. The Hall–Kier alpha value is -16.5. The molecule has 0 N–H and O–H groups in total. The Morgan fingerprint density at radius 1 is 0.220 bits per heavy atom. The summed E-state index contributed by atoms with van der Waals surface area (Å²) in [6.45, 7) is 0. The summed E-state index contributed by atoms with van der Waals surface area (Å²) in [4.78, 5) is 61.6. The van der Waals surface area contributed by atoms with Gasteiger partial charge in [0.05, 0.1) is 50.6 Å². The van der Waals surface area contributed by atoms with E-state index in [1.165, 1.54) is 6.07 Å². The Balaban J connectivity index is 0.871. The summed E-state index contributed by atoms with van der Waals surface area (Å²) in [7, 11) is 0. The molecule has 0 saturated heterocycles. The molecular formula is C99H57F3N16. The van der Waals surface area contributed by atoms with E-state index in [-0.39, 0.29) is 16.7 Å².